The van der Waals surface area contributed by atoms with Gasteiger partial charge in [-0.05, 0) is 48.9 Å². The molecule has 2 N–H and O–H groups in total. The third-order valence-corrected chi connectivity index (χ3v) is 5.36. The highest BCUT2D eigenvalue weighted by molar-refractivity contribution is 9.10. The molecule has 0 saturated carbocycles. The van der Waals surface area contributed by atoms with Gasteiger partial charge in [0.25, 0.3) is 15.9 Å². The maximum atomic E-state index is 12.6. The summed E-state index contributed by atoms with van der Waals surface area (Å²) in [6.45, 7) is 2.49. The molecular weight excluding hydrogens is 408 g/mol. The highest BCUT2D eigenvalue weighted by Crippen LogP contribution is 2.21. The average molecular weight is 427 g/mol. The van der Waals surface area contributed by atoms with Crippen LogP contribution in [-0.4, -0.2) is 34.6 Å². The molecule has 0 aliphatic rings. The average Bonchev–Trinajstić information content (AvgIpc) is 2.57. The van der Waals surface area contributed by atoms with Crippen molar-refractivity contribution >= 4 is 37.5 Å². The molecule has 1 amide bonds. The van der Waals surface area contributed by atoms with Crippen molar-refractivity contribution in [3.05, 3.63) is 58.1 Å². The van der Waals surface area contributed by atoms with Crippen LogP contribution in [0.5, 0.6) is 0 Å². The molecule has 2 rings (SSSR count). The third kappa shape index (κ3) is 5.29. The summed E-state index contributed by atoms with van der Waals surface area (Å²) < 4.78 is 33.4. The van der Waals surface area contributed by atoms with E-state index in [1.807, 2.05) is 0 Å². The fourth-order valence-corrected chi connectivity index (χ4v) is 3.46. The molecule has 0 atom stereocenters. The molecular formula is C17H19BrN2O4S. The van der Waals surface area contributed by atoms with Crippen LogP contribution >= 0.6 is 15.9 Å². The number of hydrogen-bond donors (Lipinski definition) is 2. The number of amides is 1. The van der Waals surface area contributed by atoms with Gasteiger partial charge in [-0.25, -0.2) is 8.42 Å². The molecule has 0 aliphatic heterocycles. The molecule has 0 aliphatic carbocycles. The van der Waals surface area contributed by atoms with Gasteiger partial charge in [-0.2, -0.15) is 0 Å². The van der Waals surface area contributed by atoms with Gasteiger partial charge in [0.05, 0.1) is 11.5 Å². The van der Waals surface area contributed by atoms with Gasteiger partial charge in [0, 0.05) is 29.4 Å². The lowest BCUT2D eigenvalue weighted by molar-refractivity contribution is 0.0936. The lowest BCUT2D eigenvalue weighted by atomic mass is 10.1. The lowest BCUT2D eigenvalue weighted by Gasteiger charge is -2.12. The Morgan fingerprint density at radius 3 is 2.48 bits per heavy atom. The molecule has 0 fully saturated rings. The largest absolute Gasteiger partial charge is 0.383 e. The first kappa shape index (κ1) is 19.4. The molecule has 2 aromatic carbocycles. The number of carbonyl (C=O) groups is 1. The van der Waals surface area contributed by atoms with Gasteiger partial charge in [-0.3, -0.25) is 9.52 Å². The fourth-order valence-electron chi connectivity index (χ4n) is 2.11. The van der Waals surface area contributed by atoms with E-state index in [0.717, 1.165) is 4.47 Å². The van der Waals surface area contributed by atoms with E-state index >= 15 is 0 Å². The van der Waals surface area contributed by atoms with Crippen molar-refractivity contribution in [2.75, 3.05) is 25.0 Å². The van der Waals surface area contributed by atoms with Crippen LogP contribution < -0.4 is 10.0 Å². The number of anilines is 1. The summed E-state index contributed by atoms with van der Waals surface area (Å²) in [5.41, 5.74) is 1.45. The molecule has 0 heterocycles. The Morgan fingerprint density at radius 1 is 1.16 bits per heavy atom. The highest BCUT2D eigenvalue weighted by atomic mass is 79.9. The SMILES string of the molecule is COCCNC(=O)c1cc(S(=O)(=O)Nc2ccc(Br)cc2)ccc1C. The minimum Gasteiger partial charge on any atom is -0.383 e. The Labute approximate surface area is 155 Å². The Balaban J connectivity index is 2.24. The van der Waals surface area contributed by atoms with Crippen molar-refractivity contribution in [1.29, 1.82) is 0 Å². The summed E-state index contributed by atoms with van der Waals surface area (Å²) in [4.78, 5) is 12.3. The highest BCUT2D eigenvalue weighted by Gasteiger charge is 2.18. The summed E-state index contributed by atoms with van der Waals surface area (Å²) in [5.74, 6) is -0.338. The molecule has 0 saturated heterocycles. The van der Waals surface area contributed by atoms with Crippen LogP contribution in [-0.2, 0) is 14.8 Å². The second kappa shape index (κ2) is 8.46. The first-order valence-electron chi connectivity index (χ1n) is 7.49. The monoisotopic (exact) mass is 426 g/mol. The Morgan fingerprint density at radius 2 is 1.84 bits per heavy atom. The second-order valence-electron chi connectivity index (χ2n) is 5.34. The van der Waals surface area contributed by atoms with Crippen LogP contribution in [0.1, 0.15) is 15.9 Å². The normalized spacial score (nSPS) is 11.2. The minimum atomic E-state index is -3.79. The maximum Gasteiger partial charge on any atom is 0.261 e. The standard InChI is InChI=1S/C17H19BrN2O4S/c1-12-3-8-15(11-16(12)17(21)19-9-10-24-2)25(22,23)20-14-6-4-13(18)5-7-14/h3-8,11,20H,9-10H2,1-2H3,(H,19,21). The van der Waals surface area contributed by atoms with Crippen LogP contribution in [0.4, 0.5) is 5.69 Å². The van der Waals surface area contributed by atoms with Crippen molar-refractivity contribution in [1.82, 2.24) is 5.32 Å². The van der Waals surface area contributed by atoms with E-state index in [-0.39, 0.29) is 10.8 Å². The summed E-state index contributed by atoms with van der Waals surface area (Å²) >= 11 is 3.30. The summed E-state index contributed by atoms with van der Waals surface area (Å²) in [6, 6.07) is 11.2. The second-order valence-corrected chi connectivity index (χ2v) is 7.94. The number of hydrogen-bond acceptors (Lipinski definition) is 4. The zero-order chi connectivity index (χ0) is 18.4. The molecule has 0 spiro atoms. The van der Waals surface area contributed by atoms with E-state index < -0.39 is 10.0 Å². The third-order valence-electron chi connectivity index (χ3n) is 3.45. The van der Waals surface area contributed by atoms with E-state index in [2.05, 4.69) is 26.0 Å². The minimum absolute atomic E-state index is 0.0258. The quantitative estimate of drug-likeness (QED) is 0.666. The number of aryl methyl sites for hydroxylation is 1. The van der Waals surface area contributed by atoms with Gasteiger partial charge in [0.15, 0.2) is 0 Å². The zero-order valence-electron chi connectivity index (χ0n) is 13.9. The van der Waals surface area contributed by atoms with Crippen molar-refractivity contribution in [2.24, 2.45) is 0 Å². The van der Waals surface area contributed by atoms with E-state index in [1.165, 1.54) is 12.1 Å². The predicted octanol–water partition coefficient (Wildman–Crippen LogP) is 2.93. The van der Waals surface area contributed by atoms with Crippen molar-refractivity contribution < 1.29 is 17.9 Å². The molecule has 0 bridgehead atoms. The van der Waals surface area contributed by atoms with E-state index in [9.17, 15) is 13.2 Å². The van der Waals surface area contributed by atoms with Crippen molar-refractivity contribution in [3.63, 3.8) is 0 Å². The van der Waals surface area contributed by atoms with E-state index in [4.69, 9.17) is 4.74 Å². The number of methoxy groups -OCH3 is 1. The van der Waals surface area contributed by atoms with Crippen molar-refractivity contribution in [2.45, 2.75) is 11.8 Å². The number of rotatable bonds is 7. The van der Waals surface area contributed by atoms with Gasteiger partial charge < -0.3 is 10.1 Å². The molecule has 0 unspecified atom stereocenters. The fraction of sp³-hybridized carbons (Fsp3) is 0.235. The van der Waals surface area contributed by atoms with Gasteiger partial charge in [-0.1, -0.05) is 22.0 Å². The van der Waals surface area contributed by atoms with Crippen molar-refractivity contribution in [3.8, 4) is 0 Å². The number of ether oxygens (including phenoxy) is 1. The smallest absolute Gasteiger partial charge is 0.261 e. The summed E-state index contributed by atoms with van der Waals surface area (Å²) in [5, 5.41) is 2.69. The molecule has 2 aromatic rings. The molecule has 0 radical (unpaired) electrons. The number of benzene rings is 2. The van der Waals surface area contributed by atoms with E-state index in [0.29, 0.717) is 30.0 Å². The van der Waals surface area contributed by atoms with Crippen LogP contribution in [0.2, 0.25) is 0 Å². The van der Waals surface area contributed by atoms with Crippen LogP contribution in [0.15, 0.2) is 51.8 Å². The molecule has 8 heteroatoms. The van der Waals surface area contributed by atoms with Gasteiger partial charge >= 0.3 is 0 Å². The predicted molar refractivity (Wildman–Crippen MR) is 100 cm³/mol. The Kier molecular flexibility index (Phi) is 6.57. The summed E-state index contributed by atoms with van der Waals surface area (Å²) in [6.07, 6.45) is 0. The molecule has 25 heavy (non-hydrogen) atoms. The molecule has 6 nitrogen and oxygen atoms in total. The van der Waals surface area contributed by atoms with Gasteiger partial charge in [-0.15, -0.1) is 0 Å². The maximum absolute atomic E-state index is 12.6. The van der Waals surface area contributed by atoms with Gasteiger partial charge in [0.1, 0.15) is 0 Å². The molecule has 0 aromatic heterocycles. The van der Waals surface area contributed by atoms with Crippen LogP contribution in [0, 0.1) is 6.92 Å². The Hall–Kier alpha value is -1.90. The number of nitrogens with one attached hydrogen (secondary N) is 2. The summed E-state index contributed by atoms with van der Waals surface area (Å²) in [7, 11) is -2.25. The first-order valence-corrected chi connectivity index (χ1v) is 9.77. The first-order chi connectivity index (χ1) is 11.8. The number of sulfonamides is 1. The van der Waals surface area contributed by atoms with Crippen LogP contribution in [0.25, 0.3) is 0 Å². The molecule has 134 valence electrons. The van der Waals surface area contributed by atoms with Crippen LogP contribution in [0.3, 0.4) is 0 Å². The number of carbonyl (C=O) groups excluding carboxylic acids is 1. The lowest BCUT2D eigenvalue weighted by Crippen LogP contribution is -2.28. The van der Waals surface area contributed by atoms with E-state index in [1.54, 1.807) is 44.4 Å². The topological polar surface area (TPSA) is 84.5 Å². The van der Waals surface area contributed by atoms with Gasteiger partial charge in [0.2, 0.25) is 0 Å². The number of halogens is 1. The Bertz CT molecular complexity index is 851. The zero-order valence-corrected chi connectivity index (χ0v) is 16.3.